The van der Waals surface area contributed by atoms with E-state index >= 15 is 26.3 Å². The summed E-state index contributed by atoms with van der Waals surface area (Å²) in [7, 11) is 0. The standard InChI is InChI=1S/C68H44F10N8O7/c69-43-5-7-53(81-63(43)91-27-35-3-1-33(25-79)13-45(35)71)41-23-47(73)37(15-49(41)75)21-59-83-61-51(77)17-39(19-55(61)85(59)57-29-89-31-67(57)9-10-67)65(87)93-66(88)40-18-52(78)62-56(20-40)86(58-30-90-32-68(58)11-12-68)60(84-62)22-38-16-50(76)42(24-48(38)74)54-8-6-44(70)64(82-54)92-28-36-4-2-34(26-80)14-46(36)72/h1-8,13-20,23-24,57-58H,9-12,21-22,27-32H2. The number of carbonyl (C=O) groups is 2. The molecule has 4 fully saturated rings. The van der Waals surface area contributed by atoms with E-state index < -0.39 is 153 Å². The lowest BCUT2D eigenvalue weighted by Crippen LogP contribution is -2.22. The van der Waals surface area contributed by atoms with E-state index in [9.17, 15) is 27.2 Å². The van der Waals surface area contributed by atoms with Gasteiger partial charge in [-0.3, -0.25) is 0 Å². The molecule has 4 aliphatic rings. The van der Waals surface area contributed by atoms with Crippen LogP contribution in [0.2, 0.25) is 0 Å². The van der Waals surface area contributed by atoms with E-state index in [2.05, 4.69) is 19.9 Å². The Morgan fingerprint density at radius 2 is 0.882 bits per heavy atom. The zero-order chi connectivity index (χ0) is 64.8. The number of halogens is 10. The highest BCUT2D eigenvalue weighted by atomic mass is 19.2. The van der Waals surface area contributed by atoms with Gasteiger partial charge in [0, 0.05) is 45.9 Å². The topological polar surface area (TPSA) is 189 Å². The minimum absolute atomic E-state index is 0.0252. The van der Waals surface area contributed by atoms with Gasteiger partial charge in [-0.2, -0.15) is 10.5 Å². The van der Waals surface area contributed by atoms with Crippen LogP contribution in [-0.4, -0.2) is 67.4 Å². The van der Waals surface area contributed by atoms with Gasteiger partial charge in [0.05, 0.1) is 95.3 Å². The molecule has 10 aromatic rings. The highest BCUT2D eigenvalue weighted by Crippen LogP contribution is 2.60. The van der Waals surface area contributed by atoms with Crippen molar-refractivity contribution in [3.8, 4) is 46.4 Å². The normalized spacial score (nSPS) is 16.7. The maximum Gasteiger partial charge on any atom is 0.346 e. The number of ether oxygens (including phenoxy) is 5. The number of imidazole rings is 2. The first kappa shape index (κ1) is 60.1. The molecule has 2 atom stereocenters. The number of esters is 2. The van der Waals surface area contributed by atoms with Gasteiger partial charge in [-0.25, -0.2) is 73.4 Å². The van der Waals surface area contributed by atoms with E-state index in [1.54, 1.807) is 21.3 Å². The number of hydrogen-bond acceptors (Lipinski definition) is 13. The highest BCUT2D eigenvalue weighted by Gasteiger charge is 2.56. The molecule has 2 aliphatic heterocycles. The molecule has 2 aliphatic carbocycles. The Labute approximate surface area is 520 Å². The van der Waals surface area contributed by atoms with Gasteiger partial charge in [-0.15, -0.1) is 0 Å². The maximum absolute atomic E-state index is 16.5. The molecule has 0 N–H and O–H groups in total. The molecular weight excluding hydrogens is 1230 g/mol. The van der Waals surface area contributed by atoms with Gasteiger partial charge in [0.1, 0.15) is 70.8 Å². The van der Waals surface area contributed by atoms with E-state index in [0.29, 0.717) is 38.9 Å². The van der Waals surface area contributed by atoms with Gasteiger partial charge < -0.3 is 32.8 Å². The number of carbonyl (C=O) groups excluding carboxylic acids is 2. The van der Waals surface area contributed by atoms with Gasteiger partial charge in [0.2, 0.25) is 0 Å². The van der Waals surface area contributed by atoms with E-state index in [1.165, 1.54) is 36.4 Å². The summed E-state index contributed by atoms with van der Waals surface area (Å²) in [6, 6.07) is 21.2. The molecule has 15 nitrogen and oxygen atoms in total. The number of nitrogens with zero attached hydrogens (tertiary/aromatic N) is 8. The average Bonchev–Trinajstić information content (AvgIpc) is 1.57. The maximum atomic E-state index is 16.5. The molecule has 2 saturated carbocycles. The summed E-state index contributed by atoms with van der Waals surface area (Å²) >= 11 is 0. The predicted octanol–water partition coefficient (Wildman–Crippen LogP) is 13.7. The highest BCUT2D eigenvalue weighted by molar-refractivity contribution is 6.05. The van der Waals surface area contributed by atoms with Crippen molar-refractivity contribution in [1.82, 2.24) is 29.1 Å². The fourth-order valence-corrected chi connectivity index (χ4v) is 12.3. The Morgan fingerprint density at radius 3 is 1.27 bits per heavy atom. The van der Waals surface area contributed by atoms with Crippen LogP contribution in [0.5, 0.6) is 11.8 Å². The Bertz CT molecular complexity index is 4600. The number of nitriles is 2. The van der Waals surface area contributed by atoms with Crippen molar-refractivity contribution in [2.24, 2.45) is 10.8 Å². The zero-order valence-corrected chi connectivity index (χ0v) is 48.2. The summed E-state index contributed by atoms with van der Waals surface area (Å²) in [6.07, 6.45) is 1.91. The minimum atomic E-state index is -1.36. The lowest BCUT2D eigenvalue weighted by molar-refractivity contribution is 0.0397. The van der Waals surface area contributed by atoms with Crippen LogP contribution >= 0.6 is 0 Å². The molecule has 2 spiro atoms. The van der Waals surface area contributed by atoms with E-state index in [-0.39, 0.29) is 91.7 Å². The summed E-state index contributed by atoms with van der Waals surface area (Å²) in [6.45, 7) is -0.198. The van der Waals surface area contributed by atoms with Crippen molar-refractivity contribution in [2.45, 2.75) is 63.8 Å². The predicted molar refractivity (Wildman–Crippen MR) is 308 cm³/mol. The van der Waals surface area contributed by atoms with Crippen LogP contribution in [0.3, 0.4) is 0 Å². The lowest BCUT2D eigenvalue weighted by atomic mass is 9.99. The molecule has 93 heavy (non-hydrogen) atoms. The molecule has 0 amide bonds. The van der Waals surface area contributed by atoms with Crippen LogP contribution in [0.25, 0.3) is 44.6 Å². The average molecular weight is 1280 g/mol. The number of aromatic nitrogens is 6. The van der Waals surface area contributed by atoms with Crippen LogP contribution in [0.15, 0.2) is 109 Å². The van der Waals surface area contributed by atoms with Gasteiger partial charge >= 0.3 is 11.9 Å². The summed E-state index contributed by atoms with van der Waals surface area (Å²) in [5.74, 6) is -13.5. The molecule has 0 radical (unpaired) electrons. The van der Waals surface area contributed by atoms with Crippen molar-refractivity contribution < 1.29 is 77.2 Å². The Morgan fingerprint density at radius 1 is 0.473 bits per heavy atom. The third-order valence-electron chi connectivity index (χ3n) is 17.7. The molecule has 468 valence electrons. The third-order valence-corrected chi connectivity index (χ3v) is 17.7. The first-order valence-electron chi connectivity index (χ1n) is 29.0. The number of rotatable bonds is 16. The summed E-state index contributed by atoms with van der Waals surface area (Å²) in [5.41, 5.74) is -4.02. The molecule has 2 saturated heterocycles. The second-order valence-electron chi connectivity index (χ2n) is 23.5. The Hall–Kier alpha value is -10.5. The largest absolute Gasteiger partial charge is 0.471 e. The molecule has 4 aromatic heterocycles. The van der Waals surface area contributed by atoms with Crippen LogP contribution in [0.1, 0.15) is 104 Å². The van der Waals surface area contributed by atoms with E-state index in [1.807, 2.05) is 0 Å². The van der Waals surface area contributed by atoms with Crippen LogP contribution in [0.4, 0.5) is 43.9 Å². The second kappa shape index (κ2) is 23.3. The summed E-state index contributed by atoms with van der Waals surface area (Å²) < 4.78 is 188. The monoisotopic (exact) mass is 1270 g/mol. The van der Waals surface area contributed by atoms with Crippen molar-refractivity contribution in [3.05, 3.63) is 224 Å². The zero-order valence-electron chi connectivity index (χ0n) is 48.2. The van der Waals surface area contributed by atoms with Crippen molar-refractivity contribution in [2.75, 3.05) is 26.4 Å². The molecular formula is C68H44F10N8O7. The van der Waals surface area contributed by atoms with Crippen LogP contribution in [-0.2, 0) is 40.3 Å². The SMILES string of the molecule is N#Cc1ccc(COc2nc(-c3cc(F)c(Cc4nc5c(F)cc(C(=O)OC(=O)c6cc(F)c7nc(Cc8cc(F)c(-c9ccc(F)c(OCc%10ccc(C#N)cc%10F)n9)cc8F)n(C8COCC89CC9)c7c6)cc5n4C4COCC45CC5)cc3F)ccc2F)c(F)c1. The first-order valence-corrected chi connectivity index (χ1v) is 29.0. The molecule has 6 heterocycles. The molecule has 0 bridgehead atoms. The fourth-order valence-electron chi connectivity index (χ4n) is 12.3. The number of fused-ring (bicyclic) bond motifs is 2. The number of pyridine rings is 2. The smallest absolute Gasteiger partial charge is 0.346 e. The van der Waals surface area contributed by atoms with Crippen LogP contribution in [0, 0.1) is 91.7 Å². The molecule has 14 rings (SSSR count). The Kier molecular flexibility index (Phi) is 15.1. The van der Waals surface area contributed by atoms with Gasteiger partial charge in [-0.1, -0.05) is 12.1 Å². The van der Waals surface area contributed by atoms with Crippen LogP contribution < -0.4 is 9.47 Å². The van der Waals surface area contributed by atoms with E-state index in [4.69, 9.17) is 34.2 Å². The lowest BCUT2D eigenvalue weighted by Gasteiger charge is -2.22. The fraction of sp³-hybridized carbons (Fsp3) is 0.235. The number of hydrogen-bond donors (Lipinski definition) is 0. The van der Waals surface area contributed by atoms with E-state index in [0.717, 1.165) is 72.8 Å². The Balaban J connectivity index is 0.732. The summed E-state index contributed by atoms with van der Waals surface area (Å²) in [4.78, 5) is 45.3. The minimum Gasteiger partial charge on any atom is -0.471 e. The quantitative estimate of drug-likeness (QED) is 0.0505. The summed E-state index contributed by atoms with van der Waals surface area (Å²) in [5, 5.41) is 18.1. The number of benzene rings is 6. The molecule has 25 heteroatoms. The van der Waals surface area contributed by atoms with Gasteiger partial charge in [-0.05, 0) is 134 Å². The van der Waals surface area contributed by atoms with Gasteiger partial charge in [0.15, 0.2) is 23.3 Å². The molecule has 6 aromatic carbocycles. The van der Waals surface area contributed by atoms with Crippen molar-refractivity contribution in [1.29, 1.82) is 10.5 Å². The third kappa shape index (κ3) is 11.1. The molecule has 2 unspecified atom stereocenters. The van der Waals surface area contributed by atoms with Crippen molar-refractivity contribution >= 4 is 34.0 Å². The van der Waals surface area contributed by atoms with Crippen molar-refractivity contribution in [3.63, 3.8) is 0 Å². The first-order chi connectivity index (χ1) is 44.8. The second-order valence-corrected chi connectivity index (χ2v) is 23.5. The van der Waals surface area contributed by atoms with Gasteiger partial charge in [0.25, 0.3) is 11.8 Å².